The second kappa shape index (κ2) is 4.51. The van der Waals surface area contributed by atoms with E-state index in [9.17, 15) is 5.11 Å². The largest absolute Gasteiger partial charge is 0.396 e. The van der Waals surface area contributed by atoms with Crippen LogP contribution in [0.2, 0.25) is 10.0 Å². The van der Waals surface area contributed by atoms with Crippen LogP contribution in [0.5, 0.6) is 0 Å². The molecule has 0 radical (unpaired) electrons. The molecular formula is C11H13Cl2NO2. The first-order chi connectivity index (χ1) is 7.59. The van der Waals surface area contributed by atoms with Crippen molar-refractivity contribution in [1.82, 2.24) is 0 Å². The number of aliphatic hydroxyl groups excluding tert-OH is 1. The SMILES string of the molecule is NC(c1ccc(Cl)cc1Cl)C1(CO)COC1. The molecule has 1 aliphatic rings. The van der Waals surface area contributed by atoms with Gasteiger partial charge >= 0.3 is 0 Å². The minimum absolute atomic E-state index is 0.00682. The van der Waals surface area contributed by atoms with Crippen LogP contribution in [-0.2, 0) is 4.74 Å². The van der Waals surface area contributed by atoms with Crippen LogP contribution < -0.4 is 5.73 Å². The molecular weight excluding hydrogens is 249 g/mol. The maximum absolute atomic E-state index is 9.38. The number of nitrogens with two attached hydrogens (primary N) is 1. The zero-order valence-corrected chi connectivity index (χ0v) is 10.1. The summed E-state index contributed by atoms with van der Waals surface area (Å²) < 4.78 is 5.13. The maximum Gasteiger partial charge on any atom is 0.0594 e. The number of ether oxygens (including phenoxy) is 1. The lowest BCUT2D eigenvalue weighted by molar-refractivity contribution is -0.150. The highest BCUT2D eigenvalue weighted by Gasteiger charge is 2.44. The number of hydrogen-bond acceptors (Lipinski definition) is 3. The quantitative estimate of drug-likeness (QED) is 0.876. The smallest absolute Gasteiger partial charge is 0.0594 e. The van der Waals surface area contributed by atoms with Crippen molar-refractivity contribution in [2.75, 3.05) is 19.8 Å². The van der Waals surface area contributed by atoms with Crippen molar-refractivity contribution in [3.8, 4) is 0 Å². The van der Waals surface area contributed by atoms with Crippen LogP contribution in [0.15, 0.2) is 18.2 Å². The van der Waals surface area contributed by atoms with Crippen molar-refractivity contribution in [1.29, 1.82) is 0 Å². The van der Waals surface area contributed by atoms with E-state index in [0.29, 0.717) is 23.3 Å². The lowest BCUT2D eigenvalue weighted by atomic mass is 9.76. The Bertz CT molecular complexity index is 388. The molecule has 88 valence electrons. The van der Waals surface area contributed by atoms with Gasteiger partial charge in [0.05, 0.1) is 25.2 Å². The summed E-state index contributed by atoms with van der Waals surface area (Å²) in [6.07, 6.45) is 0. The summed E-state index contributed by atoms with van der Waals surface area (Å²) in [6, 6.07) is 4.86. The Balaban J connectivity index is 2.29. The second-order valence-electron chi connectivity index (χ2n) is 4.16. The molecule has 0 spiro atoms. The molecule has 0 saturated carbocycles. The Morgan fingerprint density at radius 1 is 1.44 bits per heavy atom. The molecule has 1 fully saturated rings. The summed E-state index contributed by atoms with van der Waals surface area (Å²) >= 11 is 11.9. The third-order valence-corrected chi connectivity index (χ3v) is 3.61. The van der Waals surface area contributed by atoms with E-state index < -0.39 is 5.41 Å². The van der Waals surface area contributed by atoms with Gasteiger partial charge in [0, 0.05) is 16.1 Å². The van der Waals surface area contributed by atoms with Gasteiger partial charge in [-0.1, -0.05) is 29.3 Å². The molecule has 1 aliphatic heterocycles. The monoisotopic (exact) mass is 261 g/mol. The summed E-state index contributed by atoms with van der Waals surface area (Å²) in [4.78, 5) is 0. The predicted molar refractivity (Wildman–Crippen MR) is 63.7 cm³/mol. The fourth-order valence-electron chi connectivity index (χ4n) is 1.82. The summed E-state index contributed by atoms with van der Waals surface area (Å²) in [5, 5.41) is 10.5. The molecule has 0 amide bonds. The van der Waals surface area contributed by atoms with Gasteiger partial charge in [-0.15, -0.1) is 0 Å². The number of rotatable bonds is 3. The molecule has 1 saturated heterocycles. The lowest BCUT2D eigenvalue weighted by Gasteiger charge is -2.44. The second-order valence-corrected chi connectivity index (χ2v) is 5.00. The number of benzene rings is 1. The number of halogens is 2. The van der Waals surface area contributed by atoms with Crippen LogP contribution in [0.4, 0.5) is 0 Å². The van der Waals surface area contributed by atoms with E-state index in [4.69, 9.17) is 33.7 Å². The Kier molecular flexibility index (Phi) is 3.42. The average molecular weight is 262 g/mol. The molecule has 1 atom stereocenters. The molecule has 16 heavy (non-hydrogen) atoms. The molecule has 1 unspecified atom stereocenters. The summed E-state index contributed by atoms with van der Waals surface area (Å²) in [6.45, 7) is 0.917. The van der Waals surface area contributed by atoms with Crippen LogP contribution in [0, 0.1) is 5.41 Å². The molecule has 5 heteroatoms. The van der Waals surface area contributed by atoms with Crippen molar-refractivity contribution in [2.45, 2.75) is 6.04 Å². The first kappa shape index (κ1) is 12.1. The van der Waals surface area contributed by atoms with Crippen LogP contribution in [-0.4, -0.2) is 24.9 Å². The van der Waals surface area contributed by atoms with Gasteiger partial charge in [0.2, 0.25) is 0 Å². The highest BCUT2D eigenvalue weighted by atomic mass is 35.5. The topological polar surface area (TPSA) is 55.5 Å². The number of aliphatic hydroxyl groups is 1. The van der Waals surface area contributed by atoms with Gasteiger partial charge in [-0.3, -0.25) is 0 Å². The summed E-state index contributed by atoms with van der Waals surface area (Å²) in [7, 11) is 0. The fraction of sp³-hybridized carbons (Fsp3) is 0.455. The highest BCUT2D eigenvalue weighted by Crippen LogP contribution is 2.41. The Morgan fingerprint density at radius 2 is 2.12 bits per heavy atom. The van der Waals surface area contributed by atoms with E-state index in [-0.39, 0.29) is 12.6 Å². The molecule has 0 bridgehead atoms. The van der Waals surface area contributed by atoms with Crippen molar-refractivity contribution in [3.63, 3.8) is 0 Å². The highest BCUT2D eigenvalue weighted by molar-refractivity contribution is 6.35. The molecule has 0 aromatic heterocycles. The standard InChI is InChI=1S/C11H13Cl2NO2/c12-7-1-2-8(9(13)3-7)10(14)11(4-15)5-16-6-11/h1-3,10,15H,4-6,14H2. The molecule has 3 nitrogen and oxygen atoms in total. The van der Waals surface area contributed by atoms with E-state index in [1.54, 1.807) is 18.2 Å². The van der Waals surface area contributed by atoms with Gasteiger partial charge in [-0.2, -0.15) is 0 Å². The van der Waals surface area contributed by atoms with E-state index >= 15 is 0 Å². The molecule has 3 N–H and O–H groups in total. The van der Waals surface area contributed by atoms with Gasteiger partial charge in [-0.05, 0) is 17.7 Å². The third-order valence-electron chi connectivity index (χ3n) is 3.05. The van der Waals surface area contributed by atoms with Crippen LogP contribution in [0.3, 0.4) is 0 Å². The average Bonchev–Trinajstić information content (AvgIpc) is 2.16. The van der Waals surface area contributed by atoms with Crippen molar-refractivity contribution in [2.24, 2.45) is 11.1 Å². The molecule has 1 aromatic carbocycles. The van der Waals surface area contributed by atoms with Gasteiger partial charge in [-0.25, -0.2) is 0 Å². The lowest BCUT2D eigenvalue weighted by Crippen LogP contribution is -2.52. The van der Waals surface area contributed by atoms with E-state index in [1.807, 2.05) is 0 Å². The summed E-state index contributed by atoms with van der Waals surface area (Å²) in [5.41, 5.74) is 6.52. The normalized spacial score (nSPS) is 20.2. The first-order valence-electron chi connectivity index (χ1n) is 4.98. The zero-order valence-electron chi connectivity index (χ0n) is 8.62. The van der Waals surface area contributed by atoms with Gasteiger partial charge in [0.25, 0.3) is 0 Å². The molecule has 2 rings (SSSR count). The van der Waals surface area contributed by atoms with Gasteiger partial charge in [0.1, 0.15) is 0 Å². The third kappa shape index (κ3) is 1.94. The molecule has 1 heterocycles. The Morgan fingerprint density at radius 3 is 2.56 bits per heavy atom. The van der Waals surface area contributed by atoms with Crippen molar-refractivity contribution in [3.05, 3.63) is 33.8 Å². The number of hydrogen-bond donors (Lipinski definition) is 2. The first-order valence-corrected chi connectivity index (χ1v) is 5.74. The van der Waals surface area contributed by atoms with Crippen LogP contribution >= 0.6 is 23.2 Å². The minimum atomic E-state index is -0.405. The molecule has 1 aromatic rings. The molecule has 0 aliphatic carbocycles. The summed E-state index contributed by atoms with van der Waals surface area (Å²) in [5.74, 6) is 0. The maximum atomic E-state index is 9.38. The van der Waals surface area contributed by atoms with Crippen molar-refractivity contribution >= 4 is 23.2 Å². The van der Waals surface area contributed by atoms with E-state index in [2.05, 4.69) is 0 Å². The van der Waals surface area contributed by atoms with Crippen LogP contribution in [0.1, 0.15) is 11.6 Å². The van der Waals surface area contributed by atoms with E-state index in [0.717, 1.165) is 5.56 Å². The minimum Gasteiger partial charge on any atom is -0.396 e. The predicted octanol–water partition coefficient (Wildman–Crippen LogP) is 2.00. The van der Waals surface area contributed by atoms with Gasteiger partial charge in [0.15, 0.2) is 0 Å². The fourth-order valence-corrected chi connectivity index (χ4v) is 2.34. The Hall–Kier alpha value is -0.320. The zero-order chi connectivity index (χ0) is 11.8. The van der Waals surface area contributed by atoms with Crippen molar-refractivity contribution < 1.29 is 9.84 Å². The van der Waals surface area contributed by atoms with Crippen LogP contribution in [0.25, 0.3) is 0 Å². The van der Waals surface area contributed by atoms with E-state index in [1.165, 1.54) is 0 Å². The Labute approximate surface area is 104 Å². The van der Waals surface area contributed by atoms with Gasteiger partial charge < -0.3 is 15.6 Å².